The molecule has 0 amide bonds. The maximum Gasteiger partial charge on any atom is 0.271 e. The number of nitro groups is 1. The summed E-state index contributed by atoms with van der Waals surface area (Å²) in [6.07, 6.45) is 1.91. The van der Waals surface area contributed by atoms with Gasteiger partial charge in [0, 0.05) is 30.3 Å². The molecule has 90 valence electrons. The second-order valence-corrected chi connectivity index (χ2v) is 4.20. The van der Waals surface area contributed by atoms with Crippen LogP contribution >= 0.6 is 0 Å². The fourth-order valence-electron chi connectivity index (χ4n) is 1.59. The molecule has 1 heterocycles. The number of hydrogen-bond donors (Lipinski definition) is 0. The van der Waals surface area contributed by atoms with E-state index in [0.717, 1.165) is 18.5 Å². The summed E-state index contributed by atoms with van der Waals surface area (Å²) in [5.74, 6) is 0. The average molecular weight is 234 g/mol. The van der Waals surface area contributed by atoms with Gasteiger partial charge < -0.3 is 4.90 Å². The number of hydrogen-bond acceptors (Lipinski definition) is 4. The van der Waals surface area contributed by atoms with Crippen LogP contribution < -0.4 is 0 Å². The highest BCUT2D eigenvalue weighted by molar-refractivity contribution is 5.80. The predicted octanol–water partition coefficient (Wildman–Crippen LogP) is 1.51. The van der Waals surface area contributed by atoms with Crippen molar-refractivity contribution in [3.63, 3.8) is 0 Å². The van der Waals surface area contributed by atoms with Crippen LogP contribution in [0.2, 0.25) is 0 Å². The molecule has 1 aromatic carbocycles. The first-order chi connectivity index (χ1) is 8.06. The van der Waals surface area contributed by atoms with Crippen LogP contribution in [0.15, 0.2) is 24.4 Å². The van der Waals surface area contributed by atoms with Crippen molar-refractivity contribution in [2.75, 3.05) is 20.6 Å². The molecule has 0 atom stereocenters. The van der Waals surface area contributed by atoms with Crippen LogP contribution in [0.1, 0.15) is 0 Å². The van der Waals surface area contributed by atoms with Crippen LogP contribution in [-0.4, -0.2) is 40.2 Å². The van der Waals surface area contributed by atoms with Gasteiger partial charge in [-0.3, -0.25) is 14.8 Å². The molecule has 0 N–H and O–H groups in total. The first-order valence-electron chi connectivity index (χ1n) is 5.32. The van der Waals surface area contributed by atoms with E-state index >= 15 is 0 Å². The normalized spacial score (nSPS) is 11.2. The van der Waals surface area contributed by atoms with E-state index in [1.54, 1.807) is 6.07 Å². The third-order valence-electron chi connectivity index (χ3n) is 2.53. The lowest BCUT2D eigenvalue weighted by atomic mass is 10.2. The number of fused-ring (bicyclic) bond motifs is 1. The Morgan fingerprint density at radius 3 is 2.88 bits per heavy atom. The summed E-state index contributed by atoms with van der Waals surface area (Å²) < 4.78 is 1.81. The topological polar surface area (TPSA) is 64.2 Å². The highest BCUT2D eigenvalue weighted by Gasteiger charge is 2.08. The van der Waals surface area contributed by atoms with Crippen molar-refractivity contribution in [2.24, 2.45) is 0 Å². The Labute approximate surface area is 98.6 Å². The lowest BCUT2D eigenvalue weighted by molar-refractivity contribution is -0.384. The van der Waals surface area contributed by atoms with Crippen LogP contribution in [0.4, 0.5) is 5.69 Å². The van der Waals surface area contributed by atoms with Crippen LogP contribution in [0.5, 0.6) is 0 Å². The van der Waals surface area contributed by atoms with Crippen molar-refractivity contribution in [1.82, 2.24) is 14.7 Å². The lowest BCUT2D eigenvalue weighted by Gasteiger charge is -2.08. The van der Waals surface area contributed by atoms with Crippen molar-refractivity contribution < 1.29 is 4.92 Å². The van der Waals surface area contributed by atoms with E-state index in [4.69, 9.17) is 0 Å². The van der Waals surface area contributed by atoms with Gasteiger partial charge in [-0.15, -0.1) is 0 Å². The molecule has 0 aliphatic carbocycles. The van der Waals surface area contributed by atoms with E-state index in [1.165, 1.54) is 12.1 Å². The van der Waals surface area contributed by atoms with Crippen LogP contribution in [0.3, 0.4) is 0 Å². The summed E-state index contributed by atoms with van der Waals surface area (Å²) in [6.45, 7) is 1.66. The van der Waals surface area contributed by atoms with Crippen LogP contribution in [0, 0.1) is 10.1 Å². The van der Waals surface area contributed by atoms with E-state index in [9.17, 15) is 10.1 Å². The maximum atomic E-state index is 10.6. The average Bonchev–Trinajstić information content (AvgIpc) is 2.67. The Bertz CT molecular complexity index is 547. The molecule has 2 rings (SSSR count). The number of non-ortho nitro benzene ring substituents is 1. The number of aromatic nitrogens is 2. The van der Waals surface area contributed by atoms with E-state index in [2.05, 4.69) is 10.00 Å². The molecule has 1 aromatic heterocycles. The first kappa shape index (κ1) is 11.5. The van der Waals surface area contributed by atoms with E-state index in [1.807, 2.05) is 25.0 Å². The molecule has 6 heteroatoms. The minimum absolute atomic E-state index is 0.0790. The highest BCUT2D eigenvalue weighted by atomic mass is 16.6. The smallest absolute Gasteiger partial charge is 0.271 e. The molecule has 0 saturated carbocycles. The fraction of sp³-hybridized carbons (Fsp3) is 0.364. The number of nitro benzene ring substituents is 1. The first-order valence-corrected chi connectivity index (χ1v) is 5.32. The van der Waals surface area contributed by atoms with Gasteiger partial charge in [0.05, 0.1) is 17.0 Å². The summed E-state index contributed by atoms with van der Waals surface area (Å²) in [7, 11) is 3.99. The number of rotatable bonds is 4. The number of benzene rings is 1. The Morgan fingerprint density at radius 1 is 1.47 bits per heavy atom. The van der Waals surface area contributed by atoms with Crippen LogP contribution in [-0.2, 0) is 6.54 Å². The minimum Gasteiger partial charge on any atom is -0.308 e. The molecule has 0 bridgehead atoms. The zero-order valence-corrected chi connectivity index (χ0v) is 9.83. The van der Waals surface area contributed by atoms with Gasteiger partial charge >= 0.3 is 0 Å². The third kappa shape index (κ3) is 2.59. The van der Waals surface area contributed by atoms with Gasteiger partial charge in [-0.05, 0) is 20.2 Å². The van der Waals surface area contributed by atoms with Gasteiger partial charge in [-0.25, -0.2) is 0 Å². The van der Waals surface area contributed by atoms with Crippen molar-refractivity contribution in [3.8, 4) is 0 Å². The molecular formula is C11H14N4O2. The summed E-state index contributed by atoms with van der Waals surface area (Å²) in [5, 5.41) is 15.9. The van der Waals surface area contributed by atoms with Crippen molar-refractivity contribution in [3.05, 3.63) is 34.5 Å². The minimum atomic E-state index is -0.404. The van der Waals surface area contributed by atoms with Crippen molar-refractivity contribution in [2.45, 2.75) is 6.54 Å². The molecule has 0 spiro atoms. The molecule has 0 aliphatic rings. The zero-order chi connectivity index (χ0) is 12.4. The van der Waals surface area contributed by atoms with Gasteiger partial charge in [0.25, 0.3) is 5.69 Å². The molecule has 0 unspecified atom stereocenters. The van der Waals surface area contributed by atoms with E-state index < -0.39 is 4.92 Å². The summed E-state index contributed by atoms with van der Waals surface area (Å²) in [6, 6.07) is 4.73. The molecule has 6 nitrogen and oxygen atoms in total. The fourth-order valence-corrected chi connectivity index (χ4v) is 1.59. The lowest BCUT2D eigenvalue weighted by Crippen LogP contribution is -2.18. The SMILES string of the molecule is CN(C)CCn1cc2ccc([N+](=O)[O-])cc2n1. The summed E-state index contributed by atoms with van der Waals surface area (Å²) in [5.41, 5.74) is 0.744. The van der Waals surface area contributed by atoms with E-state index in [-0.39, 0.29) is 5.69 Å². The molecular weight excluding hydrogens is 220 g/mol. The molecule has 0 aliphatic heterocycles. The largest absolute Gasteiger partial charge is 0.308 e. The Morgan fingerprint density at radius 2 is 2.24 bits per heavy atom. The summed E-state index contributed by atoms with van der Waals surface area (Å²) in [4.78, 5) is 12.3. The third-order valence-corrected chi connectivity index (χ3v) is 2.53. The number of nitrogens with zero attached hydrogens (tertiary/aromatic N) is 4. The molecule has 0 saturated heterocycles. The Hall–Kier alpha value is -1.95. The zero-order valence-electron chi connectivity index (χ0n) is 9.83. The van der Waals surface area contributed by atoms with Gasteiger partial charge in [0.2, 0.25) is 0 Å². The number of likely N-dealkylation sites (N-methyl/N-ethyl adjacent to an activating group) is 1. The molecule has 2 aromatic rings. The summed E-state index contributed by atoms with van der Waals surface area (Å²) >= 11 is 0. The Kier molecular flexibility index (Phi) is 3.06. The second-order valence-electron chi connectivity index (χ2n) is 4.20. The van der Waals surface area contributed by atoms with Crippen LogP contribution in [0.25, 0.3) is 10.9 Å². The second kappa shape index (κ2) is 4.50. The monoisotopic (exact) mass is 234 g/mol. The van der Waals surface area contributed by atoms with Gasteiger partial charge in [-0.1, -0.05) is 0 Å². The standard InChI is InChI=1S/C11H14N4O2/c1-13(2)5-6-14-8-9-3-4-10(15(16)17)7-11(9)12-14/h3-4,7-8H,5-6H2,1-2H3. The quantitative estimate of drug-likeness (QED) is 0.594. The highest BCUT2D eigenvalue weighted by Crippen LogP contribution is 2.19. The van der Waals surface area contributed by atoms with Gasteiger partial charge in [-0.2, -0.15) is 5.10 Å². The van der Waals surface area contributed by atoms with Crippen molar-refractivity contribution in [1.29, 1.82) is 0 Å². The van der Waals surface area contributed by atoms with Crippen molar-refractivity contribution >= 4 is 16.6 Å². The Balaban J connectivity index is 2.27. The molecule has 17 heavy (non-hydrogen) atoms. The molecule has 0 radical (unpaired) electrons. The predicted molar refractivity (Wildman–Crippen MR) is 64.9 cm³/mol. The maximum absolute atomic E-state index is 10.6. The molecule has 0 fully saturated rings. The van der Waals surface area contributed by atoms with Gasteiger partial charge in [0.1, 0.15) is 0 Å². The van der Waals surface area contributed by atoms with Gasteiger partial charge in [0.15, 0.2) is 0 Å². The van der Waals surface area contributed by atoms with E-state index in [0.29, 0.717) is 5.52 Å².